The molecule has 0 aromatic heterocycles. The third-order valence-corrected chi connectivity index (χ3v) is 4.91. The lowest BCUT2D eigenvalue weighted by molar-refractivity contribution is -0.885. The summed E-state index contributed by atoms with van der Waals surface area (Å²) in [4.78, 5) is 38.4. The number of nitrogens with zero attached hydrogens (tertiary/aromatic N) is 1. The minimum Gasteiger partial charge on any atom is -0.497 e. The maximum Gasteiger partial charge on any atom is 0.344 e. The molecule has 1 heterocycles. The van der Waals surface area contributed by atoms with Gasteiger partial charge >= 0.3 is 6.03 Å². The van der Waals surface area contributed by atoms with Gasteiger partial charge in [0.2, 0.25) is 0 Å². The van der Waals surface area contributed by atoms with Crippen LogP contribution in [-0.4, -0.2) is 43.6 Å². The summed E-state index contributed by atoms with van der Waals surface area (Å²) in [6.45, 7) is 2.33. The van der Waals surface area contributed by atoms with Crippen LogP contribution in [0.1, 0.15) is 18.1 Å². The summed E-state index contributed by atoms with van der Waals surface area (Å²) in [6, 6.07) is 15.9. The molecular formula is C21H25N4O4+. The zero-order valence-corrected chi connectivity index (χ0v) is 16.7. The van der Waals surface area contributed by atoms with Gasteiger partial charge in [0, 0.05) is 5.56 Å². The van der Waals surface area contributed by atoms with Crippen molar-refractivity contribution in [1.82, 2.24) is 15.8 Å². The molecule has 3 rings (SSSR count). The molecule has 1 fully saturated rings. The highest BCUT2D eigenvalue weighted by Gasteiger charge is 2.50. The van der Waals surface area contributed by atoms with Crippen molar-refractivity contribution in [2.75, 3.05) is 20.7 Å². The molecule has 8 heteroatoms. The van der Waals surface area contributed by atoms with Gasteiger partial charge in [-0.2, -0.15) is 5.01 Å². The molecule has 8 nitrogen and oxygen atoms in total. The van der Waals surface area contributed by atoms with Crippen molar-refractivity contribution in [3.63, 3.8) is 0 Å². The number of likely N-dealkylation sites (N-methyl/N-ethyl adjacent to an activating group) is 1. The first kappa shape index (κ1) is 20.3. The van der Waals surface area contributed by atoms with E-state index in [4.69, 9.17) is 4.74 Å². The van der Waals surface area contributed by atoms with E-state index in [1.807, 2.05) is 37.4 Å². The van der Waals surface area contributed by atoms with Crippen LogP contribution in [0.25, 0.3) is 0 Å². The van der Waals surface area contributed by atoms with Gasteiger partial charge in [-0.15, -0.1) is 0 Å². The largest absolute Gasteiger partial charge is 0.497 e. The van der Waals surface area contributed by atoms with Crippen LogP contribution >= 0.6 is 0 Å². The van der Waals surface area contributed by atoms with Gasteiger partial charge in [0.05, 0.1) is 14.2 Å². The number of urea groups is 1. The van der Waals surface area contributed by atoms with Crippen LogP contribution in [0.4, 0.5) is 4.79 Å². The zero-order valence-electron chi connectivity index (χ0n) is 16.7. The van der Waals surface area contributed by atoms with Crippen LogP contribution in [0.15, 0.2) is 54.6 Å². The maximum atomic E-state index is 12.8. The normalized spacial score (nSPS) is 19.6. The first-order valence-electron chi connectivity index (χ1n) is 9.29. The molecule has 1 saturated heterocycles. The molecular weight excluding hydrogens is 372 g/mol. The highest BCUT2D eigenvalue weighted by atomic mass is 16.5. The number of quaternary nitrogens is 1. The minimum absolute atomic E-state index is 0.102. The molecule has 4 amide bonds. The van der Waals surface area contributed by atoms with E-state index in [0.29, 0.717) is 12.1 Å². The molecule has 3 N–H and O–H groups in total. The van der Waals surface area contributed by atoms with Crippen molar-refractivity contribution in [2.24, 2.45) is 0 Å². The highest BCUT2D eigenvalue weighted by Crippen LogP contribution is 2.27. The van der Waals surface area contributed by atoms with Gasteiger partial charge in [0.1, 0.15) is 17.8 Å². The van der Waals surface area contributed by atoms with E-state index in [1.54, 1.807) is 38.3 Å². The molecule has 0 saturated carbocycles. The smallest absolute Gasteiger partial charge is 0.344 e. The summed E-state index contributed by atoms with van der Waals surface area (Å²) < 4.78 is 5.14. The minimum atomic E-state index is -1.21. The van der Waals surface area contributed by atoms with Crippen LogP contribution in [-0.2, 0) is 21.7 Å². The Morgan fingerprint density at radius 2 is 1.79 bits per heavy atom. The van der Waals surface area contributed by atoms with Gasteiger partial charge in [-0.3, -0.25) is 15.0 Å². The zero-order chi connectivity index (χ0) is 21.0. The quantitative estimate of drug-likeness (QED) is 0.583. The van der Waals surface area contributed by atoms with Crippen LogP contribution < -0.4 is 20.4 Å². The van der Waals surface area contributed by atoms with Crippen molar-refractivity contribution < 1.29 is 24.0 Å². The molecule has 1 aliphatic heterocycles. The van der Waals surface area contributed by atoms with E-state index in [0.717, 1.165) is 21.2 Å². The number of imide groups is 1. The van der Waals surface area contributed by atoms with Gasteiger partial charge in [0.25, 0.3) is 11.8 Å². The Bertz CT molecular complexity index is 901. The Morgan fingerprint density at radius 1 is 1.14 bits per heavy atom. The number of benzene rings is 2. The number of carbonyl (C=O) groups is 3. The molecule has 1 aliphatic rings. The van der Waals surface area contributed by atoms with Gasteiger partial charge in [0.15, 0.2) is 6.54 Å². The molecule has 152 valence electrons. The molecule has 1 unspecified atom stereocenters. The van der Waals surface area contributed by atoms with Crippen molar-refractivity contribution in [3.8, 4) is 5.75 Å². The van der Waals surface area contributed by atoms with E-state index in [1.165, 1.54) is 0 Å². The van der Waals surface area contributed by atoms with Crippen LogP contribution in [0.5, 0.6) is 5.75 Å². The first-order chi connectivity index (χ1) is 13.8. The summed E-state index contributed by atoms with van der Waals surface area (Å²) in [6.07, 6.45) is 0. The maximum absolute atomic E-state index is 12.8. The van der Waals surface area contributed by atoms with Crippen LogP contribution in [0.2, 0.25) is 0 Å². The summed E-state index contributed by atoms with van der Waals surface area (Å²) in [7, 11) is 3.47. The highest BCUT2D eigenvalue weighted by molar-refractivity contribution is 6.08. The Labute approximate surface area is 169 Å². The Balaban J connectivity index is 1.59. The summed E-state index contributed by atoms with van der Waals surface area (Å²) in [5.41, 5.74) is 2.91. The third kappa shape index (κ3) is 4.38. The van der Waals surface area contributed by atoms with Crippen molar-refractivity contribution >= 4 is 17.8 Å². The van der Waals surface area contributed by atoms with E-state index < -0.39 is 23.4 Å². The summed E-state index contributed by atoms with van der Waals surface area (Å²) in [5, 5.41) is 3.42. The molecule has 0 spiro atoms. The van der Waals surface area contributed by atoms with Crippen molar-refractivity contribution in [2.45, 2.75) is 19.0 Å². The molecule has 2 aromatic carbocycles. The lowest BCUT2D eigenvalue weighted by Crippen LogP contribution is -3.09. The van der Waals surface area contributed by atoms with Crippen LogP contribution in [0, 0.1) is 0 Å². The number of rotatable bonds is 7. The second kappa shape index (κ2) is 8.32. The molecule has 29 heavy (non-hydrogen) atoms. The second-order valence-corrected chi connectivity index (χ2v) is 7.26. The van der Waals surface area contributed by atoms with E-state index >= 15 is 0 Å². The number of carbonyl (C=O) groups excluding carboxylic acids is 3. The lowest BCUT2D eigenvalue weighted by Gasteiger charge is -2.22. The SMILES string of the molecule is COc1ccc(C[NH+](C)CC(=O)NN2C(=O)N[C@](C)(c3ccccc3)C2=O)cc1. The fourth-order valence-corrected chi connectivity index (χ4v) is 3.30. The number of hydrogen-bond acceptors (Lipinski definition) is 4. The van der Waals surface area contributed by atoms with Crippen LogP contribution in [0.3, 0.4) is 0 Å². The average molecular weight is 397 g/mol. The number of hydrogen-bond donors (Lipinski definition) is 3. The molecule has 2 atom stereocenters. The standard InChI is InChI=1S/C21H24N4O4/c1-21(16-7-5-4-6-8-16)19(27)25(20(28)22-21)23-18(26)14-24(2)13-15-9-11-17(29-3)12-10-15/h4-12H,13-14H2,1-3H3,(H,22,28)(H,23,26)/p+1/t21-/m1/s1. The predicted octanol–water partition coefficient (Wildman–Crippen LogP) is 0.208. The topological polar surface area (TPSA) is 92.2 Å². The monoisotopic (exact) mass is 397 g/mol. The number of nitrogens with one attached hydrogen (secondary N) is 3. The lowest BCUT2D eigenvalue weighted by atomic mass is 9.92. The van der Waals surface area contributed by atoms with E-state index in [9.17, 15) is 14.4 Å². The summed E-state index contributed by atoms with van der Waals surface area (Å²) in [5.74, 6) is -0.171. The average Bonchev–Trinajstić information content (AvgIpc) is 2.93. The Morgan fingerprint density at radius 3 is 2.41 bits per heavy atom. The van der Waals surface area contributed by atoms with Gasteiger partial charge in [-0.05, 0) is 36.8 Å². The fraction of sp³-hybridized carbons (Fsp3) is 0.286. The van der Waals surface area contributed by atoms with Gasteiger partial charge in [-0.1, -0.05) is 30.3 Å². The third-order valence-electron chi connectivity index (χ3n) is 4.91. The summed E-state index contributed by atoms with van der Waals surface area (Å²) >= 11 is 0. The van der Waals surface area contributed by atoms with Crippen molar-refractivity contribution in [3.05, 3.63) is 65.7 Å². The molecule has 0 aliphatic carbocycles. The number of methoxy groups -OCH3 is 1. The molecule has 0 radical (unpaired) electrons. The fourth-order valence-electron chi connectivity index (χ4n) is 3.30. The van der Waals surface area contributed by atoms with Gasteiger partial charge < -0.3 is 15.0 Å². The van der Waals surface area contributed by atoms with Crippen molar-refractivity contribution in [1.29, 1.82) is 0 Å². The first-order valence-corrected chi connectivity index (χ1v) is 9.29. The number of ether oxygens (including phenoxy) is 1. The van der Waals surface area contributed by atoms with Gasteiger partial charge in [-0.25, -0.2) is 4.79 Å². The number of hydrazine groups is 1. The predicted molar refractivity (Wildman–Crippen MR) is 106 cm³/mol. The van der Waals surface area contributed by atoms with E-state index in [-0.39, 0.29) is 6.54 Å². The molecule has 2 aromatic rings. The second-order valence-electron chi connectivity index (χ2n) is 7.26. The Hall–Kier alpha value is -3.39. The Kier molecular flexibility index (Phi) is 5.84. The number of amides is 4. The molecule has 0 bridgehead atoms. The van der Waals surface area contributed by atoms with E-state index in [2.05, 4.69) is 10.7 Å².